The Morgan fingerprint density at radius 3 is 2.48 bits per heavy atom. The van der Waals surface area contributed by atoms with Crippen molar-refractivity contribution in [3.05, 3.63) is 127 Å². The fourth-order valence-corrected chi connectivity index (χ4v) is 4.66. The molecule has 0 saturated carbocycles. The lowest BCUT2D eigenvalue weighted by molar-refractivity contribution is -0.384. The quantitative estimate of drug-likeness (QED) is 0.0660. The van der Waals surface area contributed by atoms with E-state index in [9.17, 15) is 19.7 Å². The number of hydrazone groups is 1. The van der Waals surface area contributed by atoms with Gasteiger partial charge in [0.05, 0.1) is 27.2 Å². The highest BCUT2D eigenvalue weighted by Gasteiger charge is 2.20. The van der Waals surface area contributed by atoms with E-state index in [1.807, 2.05) is 42.5 Å². The number of nitro groups is 1. The number of fused-ring (bicyclic) bond motifs is 1. The Labute approximate surface area is 240 Å². The minimum atomic E-state index is -0.710. The topological polar surface area (TPSA) is 127 Å². The number of para-hydroxylation sites is 1. The molecule has 0 bridgehead atoms. The van der Waals surface area contributed by atoms with E-state index in [0.717, 1.165) is 10.9 Å². The number of amides is 1. The van der Waals surface area contributed by atoms with Crippen LogP contribution in [0.4, 0.5) is 5.69 Å². The molecule has 2 N–H and O–H groups in total. The zero-order chi connectivity index (χ0) is 28.2. The number of aromatic nitrogens is 1. The standard InChI is InChI=1S/C29H18BrClN4O5/c30-20-11-14-24(40-29(37)18-9-12-21(13-10-18)35(38)39)19(15-20)16-32-34-28(36)27-25(17-5-2-1-3-6-17)22-7-4-8-23(31)26(22)33-27/h1-16,33H,(H,34,36). The number of carbonyl (C=O) groups excluding carboxylic acids is 2. The molecule has 0 radical (unpaired) electrons. The number of nitro benzene ring substituents is 1. The van der Waals surface area contributed by atoms with Crippen LogP contribution >= 0.6 is 27.5 Å². The number of esters is 1. The number of ether oxygens (including phenoxy) is 1. The Morgan fingerprint density at radius 2 is 1.75 bits per heavy atom. The van der Waals surface area contributed by atoms with Crippen LogP contribution in [0, 0.1) is 10.1 Å². The number of nitrogens with zero attached hydrogens (tertiary/aromatic N) is 2. The Hall–Kier alpha value is -4.80. The van der Waals surface area contributed by atoms with Gasteiger partial charge in [0.15, 0.2) is 0 Å². The summed E-state index contributed by atoms with van der Waals surface area (Å²) < 4.78 is 6.19. The monoisotopic (exact) mass is 616 g/mol. The molecule has 0 fully saturated rings. The molecule has 198 valence electrons. The summed E-state index contributed by atoms with van der Waals surface area (Å²) in [6.45, 7) is 0. The largest absolute Gasteiger partial charge is 0.422 e. The second-order valence-electron chi connectivity index (χ2n) is 8.48. The molecule has 5 rings (SSSR count). The van der Waals surface area contributed by atoms with Gasteiger partial charge in [-0.2, -0.15) is 5.10 Å². The number of nitrogens with one attached hydrogen (secondary N) is 2. The van der Waals surface area contributed by atoms with Crippen molar-refractivity contribution in [1.29, 1.82) is 0 Å². The average molecular weight is 618 g/mol. The number of non-ortho nitro benzene ring substituents is 1. The van der Waals surface area contributed by atoms with Gasteiger partial charge in [-0.1, -0.05) is 70.0 Å². The van der Waals surface area contributed by atoms with Gasteiger partial charge in [0.25, 0.3) is 11.6 Å². The molecule has 9 nitrogen and oxygen atoms in total. The fraction of sp³-hybridized carbons (Fsp3) is 0. The average Bonchev–Trinajstić information content (AvgIpc) is 3.36. The Kier molecular flexibility index (Phi) is 7.72. The van der Waals surface area contributed by atoms with Gasteiger partial charge in [0.2, 0.25) is 0 Å². The summed E-state index contributed by atoms with van der Waals surface area (Å²) in [5.41, 5.74) is 5.34. The van der Waals surface area contributed by atoms with Crippen LogP contribution in [0.15, 0.2) is 101 Å². The van der Waals surface area contributed by atoms with Gasteiger partial charge in [-0.25, -0.2) is 10.2 Å². The maximum atomic E-state index is 13.3. The van der Waals surface area contributed by atoms with Crippen LogP contribution in [-0.4, -0.2) is 28.0 Å². The smallest absolute Gasteiger partial charge is 0.343 e. The summed E-state index contributed by atoms with van der Waals surface area (Å²) in [6, 6.07) is 24.8. The molecule has 0 atom stereocenters. The number of hydrogen-bond acceptors (Lipinski definition) is 6. The van der Waals surface area contributed by atoms with E-state index in [1.54, 1.807) is 24.3 Å². The second-order valence-corrected chi connectivity index (χ2v) is 9.80. The maximum absolute atomic E-state index is 13.3. The number of halogens is 2. The number of benzene rings is 4. The van der Waals surface area contributed by atoms with Gasteiger partial charge in [-0.3, -0.25) is 14.9 Å². The van der Waals surface area contributed by atoms with Crippen molar-refractivity contribution in [2.24, 2.45) is 5.10 Å². The van der Waals surface area contributed by atoms with Crippen LogP contribution in [0.1, 0.15) is 26.4 Å². The van der Waals surface area contributed by atoms with Crippen molar-refractivity contribution in [2.75, 3.05) is 0 Å². The summed E-state index contributed by atoms with van der Waals surface area (Å²) in [6.07, 6.45) is 1.35. The van der Waals surface area contributed by atoms with Crippen molar-refractivity contribution < 1.29 is 19.2 Å². The van der Waals surface area contributed by atoms with Crippen LogP contribution in [-0.2, 0) is 0 Å². The molecular formula is C29H18BrClN4O5. The maximum Gasteiger partial charge on any atom is 0.343 e. The lowest BCUT2D eigenvalue weighted by atomic mass is 10.0. The summed E-state index contributed by atoms with van der Waals surface area (Å²) in [7, 11) is 0. The van der Waals surface area contributed by atoms with Crippen molar-refractivity contribution in [3.8, 4) is 16.9 Å². The molecule has 5 aromatic rings. The Morgan fingerprint density at radius 1 is 1.00 bits per heavy atom. The molecule has 1 heterocycles. The minimum absolute atomic E-state index is 0.135. The number of rotatable bonds is 7. The lowest BCUT2D eigenvalue weighted by Gasteiger charge is -2.08. The molecule has 1 amide bonds. The van der Waals surface area contributed by atoms with Gasteiger partial charge in [-0.15, -0.1) is 0 Å². The third-order valence-corrected chi connectivity index (χ3v) is 6.74. The molecule has 0 aliphatic rings. The number of hydrogen-bond donors (Lipinski definition) is 2. The molecule has 0 spiro atoms. The first kappa shape index (κ1) is 26.8. The second kappa shape index (κ2) is 11.5. The van der Waals surface area contributed by atoms with Gasteiger partial charge in [0.1, 0.15) is 11.4 Å². The summed E-state index contributed by atoms with van der Waals surface area (Å²) in [4.78, 5) is 39.3. The van der Waals surface area contributed by atoms with Crippen molar-refractivity contribution in [2.45, 2.75) is 0 Å². The fourth-order valence-electron chi connectivity index (χ4n) is 4.06. The normalized spacial score (nSPS) is 11.1. The summed E-state index contributed by atoms with van der Waals surface area (Å²) >= 11 is 9.77. The van der Waals surface area contributed by atoms with Crippen molar-refractivity contribution in [3.63, 3.8) is 0 Å². The van der Waals surface area contributed by atoms with E-state index in [-0.39, 0.29) is 22.7 Å². The van der Waals surface area contributed by atoms with Crippen LogP contribution in [0.2, 0.25) is 5.02 Å². The van der Waals surface area contributed by atoms with Gasteiger partial charge in [0, 0.05) is 33.1 Å². The number of H-pyrrole nitrogens is 1. The highest BCUT2D eigenvalue weighted by Crippen LogP contribution is 2.35. The zero-order valence-electron chi connectivity index (χ0n) is 20.4. The first-order valence-electron chi connectivity index (χ1n) is 11.8. The summed E-state index contributed by atoms with van der Waals surface area (Å²) in [5.74, 6) is -1.04. The predicted molar refractivity (Wildman–Crippen MR) is 156 cm³/mol. The first-order chi connectivity index (χ1) is 19.3. The zero-order valence-corrected chi connectivity index (χ0v) is 22.8. The van der Waals surface area contributed by atoms with E-state index in [4.69, 9.17) is 16.3 Å². The van der Waals surface area contributed by atoms with E-state index < -0.39 is 16.8 Å². The van der Waals surface area contributed by atoms with Crippen LogP contribution in [0.3, 0.4) is 0 Å². The number of aromatic amines is 1. The van der Waals surface area contributed by atoms with Crippen LogP contribution in [0.5, 0.6) is 5.75 Å². The van der Waals surface area contributed by atoms with Crippen LogP contribution in [0.25, 0.3) is 22.0 Å². The van der Waals surface area contributed by atoms with E-state index in [1.165, 1.54) is 30.5 Å². The molecule has 4 aromatic carbocycles. The van der Waals surface area contributed by atoms with E-state index in [2.05, 4.69) is 31.4 Å². The predicted octanol–water partition coefficient (Wildman–Crippen LogP) is 7.14. The third kappa shape index (κ3) is 5.63. The molecule has 0 saturated heterocycles. The Bertz CT molecular complexity index is 1790. The van der Waals surface area contributed by atoms with Crippen molar-refractivity contribution >= 4 is 62.2 Å². The van der Waals surface area contributed by atoms with E-state index >= 15 is 0 Å². The molecule has 11 heteroatoms. The Balaban J connectivity index is 1.39. The minimum Gasteiger partial charge on any atom is -0.422 e. The SMILES string of the molecule is O=C(Oc1ccc(Br)cc1C=NNC(=O)c1[nH]c2c(Cl)cccc2c1-c1ccccc1)c1ccc([N+](=O)[O-])cc1. The molecule has 40 heavy (non-hydrogen) atoms. The first-order valence-corrected chi connectivity index (χ1v) is 12.9. The van der Waals surface area contributed by atoms with Gasteiger partial charge in [-0.05, 0) is 42.0 Å². The highest BCUT2D eigenvalue weighted by atomic mass is 79.9. The molecule has 0 unspecified atom stereocenters. The molecular weight excluding hydrogens is 600 g/mol. The molecule has 1 aromatic heterocycles. The molecule has 0 aliphatic heterocycles. The third-order valence-electron chi connectivity index (χ3n) is 5.93. The highest BCUT2D eigenvalue weighted by molar-refractivity contribution is 9.10. The van der Waals surface area contributed by atoms with Gasteiger partial charge >= 0.3 is 5.97 Å². The number of carbonyl (C=O) groups is 2. The molecule has 0 aliphatic carbocycles. The van der Waals surface area contributed by atoms with Gasteiger partial charge < -0.3 is 9.72 Å². The van der Waals surface area contributed by atoms with Crippen LogP contribution < -0.4 is 10.2 Å². The lowest BCUT2D eigenvalue weighted by Crippen LogP contribution is -2.19. The van der Waals surface area contributed by atoms with Crippen molar-refractivity contribution in [1.82, 2.24) is 10.4 Å². The summed E-state index contributed by atoms with van der Waals surface area (Å²) in [5, 5.41) is 16.2. The van der Waals surface area contributed by atoms with E-state index in [0.29, 0.717) is 26.1 Å².